The van der Waals surface area contributed by atoms with Gasteiger partial charge in [-0.05, 0) is 81.1 Å². The first kappa shape index (κ1) is 35.0. The predicted molar refractivity (Wildman–Crippen MR) is 195 cm³/mol. The number of carbonyl (C=O) groups is 2. The van der Waals surface area contributed by atoms with Gasteiger partial charge in [-0.2, -0.15) is 5.10 Å². The minimum Gasteiger partial charge on any atom is -0.381 e. The van der Waals surface area contributed by atoms with Crippen LogP contribution in [0.15, 0.2) is 48.7 Å². The van der Waals surface area contributed by atoms with Crippen molar-refractivity contribution in [3.63, 3.8) is 0 Å². The number of hydrogen-bond acceptors (Lipinski definition) is 8. The second-order valence-electron chi connectivity index (χ2n) is 13.0. The van der Waals surface area contributed by atoms with E-state index in [-0.39, 0.29) is 30.6 Å². The van der Waals surface area contributed by atoms with Gasteiger partial charge in [0.15, 0.2) is 11.4 Å². The van der Waals surface area contributed by atoms with Crippen LogP contribution in [0.2, 0.25) is 5.02 Å². The van der Waals surface area contributed by atoms with E-state index < -0.39 is 0 Å². The number of Topliss-reactive ketones (excluding diaryl/α,β-unsaturated/α-hetero) is 1. The van der Waals surface area contributed by atoms with Crippen LogP contribution in [0.4, 0.5) is 5.69 Å². The third-order valence-electron chi connectivity index (χ3n) is 9.58. The number of benzene rings is 2. The summed E-state index contributed by atoms with van der Waals surface area (Å²) in [4.78, 5) is 34.0. The van der Waals surface area contributed by atoms with E-state index in [1.54, 1.807) is 12.1 Å². The molecule has 49 heavy (non-hydrogen) atoms. The average Bonchev–Trinajstić information content (AvgIpc) is 3.37. The van der Waals surface area contributed by atoms with E-state index in [0.717, 1.165) is 111 Å². The lowest BCUT2D eigenvalue weighted by Gasteiger charge is -2.26. The van der Waals surface area contributed by atoms with E-state index in [2.05, 4.69) is 51.9 Å². The summed E-state index contributed by atoms with van der Waals surface area (Å²) in [7, 11) is 0. The lowest BCUT2D eigenvalue weighted by Crippen LogP contribution is -2.30. The molecule has 1 amide bonds. The highest BCUT2D eigenvalue weighted by Crippen LogP contribution is 2.32. The minimum atomic E-state index is -0.178. The highest BCUT2D eigenvalue weighted by Gasteiger charge is 2.22. The molecular formula is C38H48ClN7O3. The van der Waals surface area contributed by atoms with Crippen LogP contribution in [0.25, 0.3) is 22.2 Å². The fraction of sp³-hybridized carbons (Fsp3) is 0.474. The molecule has 0 unspecified atom stereocenters. The largest absolute Gasteiger partial charge is 0.381 e. The number of anilines is 1. The zero-order chi connectivity index (χ0) is 34.2. The van der Waals surface area contributed by atoms with Crippen LogP contribution in [-0.4, -0.2) is 76.8 Å². The summed E-state index contributed by atoms with van der Waals surface area (Å²) >= 11 is 6.66. The molecule has 2 fully saturated rings. The Hall–Kier alpha value is -3.83. The molecule has 10 nitrogen and oxygen atoms in total. The maximum atomic E-state index is 13.4. The van der Waals surface area contributed by atoms with Crippen LogP contribution in [0.1, 0.15) is 73.1 Å². The van der Waals surface area contributed by atoms with Crippen LogP contribution in [0, 0.1) is 0 Å². The molecule has 4 aromatic rings. The van der Waals surface area contributed by atoms with E-state index in [9.17, 15) is 9.59 Å². The number of pyridine rings is 1. The Morgan fingerprint density at radius 1 is 1.06 bits per heavy atom. The summed E-state index contributed by atoms with van der Waals surface area (Å²) < 4.78 is 7.49. The molecule has 2 aliphatic heterocycles. The molecule has 2 aromatic carbocycles. The second-order valence-corrected chi connectivity index (χ2v) is 13.4. The Balaban J connectivity index is 1.11. The van der Waals surface area contributed by atoms with Crippen molar-refractivity contribution in [3.8, 4) is 11.1 Å². The van der Waals surface area contributed by atoms with Crippen molar-refractivity contribution in [2.24, 2.45) is 0 Å². The molecule has 0 spiro atoms. The van der Waals surface area contributed by atoms with Gasteiger partial charge in [0.05, 0.1) is 17.3 Å². The fourth-order valence-electron chi connectivity index (χ4n) is 6.82. The Morgan fingerprint density at radius 2 is 1.92 bits per heavy atom. The third-order valence-corrected chi connectivity index (χ3v) is 9.91. The standard InChI is InChI=1S/C38H48ClN7O3/c1-3-34-31(37(43-29-13-19-49-20-14-29)32-24-42-46(4-2)38(32)44-34)23-41-36(48)12-11-35(47)28-9-10-33(39)30(22-28)27-8-5-7-26(21-27)25-45-17-6-15-40-16-18-45/h5,7-10,21-22,24,29,40H,3-4,6,11-20,23,25H2,1-2H3,(H,41,48)(H,43,44). The van der Waals surface area contributed by atoms with Gasteiger partial charge >= 0.3 is 0 Å². The Bertz CT molecular complexity index is 1760. The number of nitrogens with zero attached hydrogens (tertiary/aromatic N) is 4. The van der Waals surface area contributed by atoms with Crippen molar-refractivity contribution in [2.75, 3.05) is 44.7 Å². The number of rotatable bonds is 13. The minimum absolute atomic E-state index is 0.0879. The quantitative estimate of drug-likeness (QED) is 0.147. The Morgan fingerprint density at radius 3 is 2.73 bits per heavy atom. The highest BCUT2D eigenvalue weighted by molar-refractivity contribution is 6.33. The van der Waals surface area contributed by atoms with Gasteiger partial charge in [-0.1, -0.05) is 36.7 Å². The molecule has 2 aliphatic rings. The first-order valence-electron chi connectivity index (χ1n) is 17.8. The number of aryl methyl sites for hydroxylation is 2. The third kappa shape index (κ3) is 8.67. The van der Waals surface area contributed by atoms with Gasteiger partial charge in [0.1, 0.15) is 0 Å². The van der Waals surface area contributed by atoms with Crippen LogP contribution in [0.5, 0.6) is 0 Å². The maximum absolute atomic E-state index is 13.4. The van der Waals surface area contributed by atoms with E-state index in [1.165, 1.54) is 5.56 Å². The van der Waals surface area contributed by atoms with Gasteiger partial charge in [0, 0.05) is 92.2 Å². The van der Waals surface area contributed by atoms with Crippen LogP contribution >= 0.6 is 11.6 Å². The average molecular weight is 686 g/mol. The summed E-state index contributed by atoms with van der Waals surface area (Å²) in [6.45, 7) is 11.6. The second kappa shape index (κ2) is 16.7. The van der Waals surface area contributed by atoms with Gasteiger partial charge in [-0.15, -0.1) is 0 Å². The van der Waals surface area contributed by atoms with E-state index in [0.29, 0.717) is 23.6 Å². The number of hydrogen-bond donors (Lipinski definition) is 3. The van der Waals surface area contributed by atoms with E-state index in [1.807, 2.05) is 29.1 Å². The number of fused-ring (bicyclic) bond motifs is 1. The summed E-state index contributed by atoms with van der Waals surface area (Å²) in [5.41, 5.74) is 7.29. The maximum Gasteiger partial charge on any atom is 0.220 e. The van der Waals surface area contributed by atoms with Crippen LogP contribution < -0.4 is 16.0 Å². The van der Waals surface area contributed by atoms with Crippen molar-refractivity contribution in [2.45, 2.75) is 78.0 Å². The zero-order valence-electron chi connectivity index (χ0n) is 28.7. The Labute approximate surface area is 293 Å². The lowest BCUT2D eigenvalue weighted by molar-refractivity contribution is -0.121. The molecule has 0 aliphatic carbocycles. The molecule has 6 rings (SSSR count). The number of nitrogens with one attached hydrogen (secondary N) is 3. The highest BCUT2D eigenvalue weighted by atomic mass is 35.5. The predicted octanol–water partition coefficient (Wildman–Crippen LogP) is 6.00. The summed E-state index contributed by atoms with van der Waals surface area (Å²) in [6.07, 6.45) is 5.73. The molecule has 260 valence electrons. The first-order valence-corrected chi connectivity index (χ1v) is 18.1. The molecule has 0 bridgehead atoms. The van der Waals surface area contributed by atoms with Crippen molar-refractivity contribution in [1.29, 1.82) is 0 Å². The van der Waals surface area contributed by atoms with Crippen LogP contribution in [0.3, 0.4) is 0 Å². The number of aromatic nitrogens is 3. The van der Waals surface area contributed by atoms with Crippen molar-refractivity contribution < 1.29 is 14.3 Å². The first-order chi connectivity index (χ1) is 23.9. The van der Waals surface area contributed by atoms with Gasteiger partial charge < -0.3 is 20.7 Å². The van der Waals surface area contributed by atoms with Crippen molar-refractivity contribution >= 4 is 40.0 Å². The zero-order valence-corrected chi connectivity index (χ0v) is 29.5. The van der Waals surface area contributed by atoms with Gasteiger partial charge in [0.25, 0.3) is 0 Å². The molecule has 0 radical (unpaired) electrons. The normalized spacial score (nSPS) is 16.1. The lowest BCUT2D eigenvalue weighted by atomic mass is 9.98. The van der Waals surface area contributed by atoms with Gasteiger partial charge in [0.2, 0.25) is 5.91 Å². The molecule has 4 heterocycles. The molecule has 11 heteroatoms. The molecule has 0 saturated carbocycles. The molecular weight excluding hydrogens is 638 g/mol. The molecule has 3 N–H and O–H groups in total. The van der Waals surface area contributed by atoms with E-state index >= 15 is 0 Å². The van der Waals surface area contributed by atoms with Crippen molar-refractivity contribution in [3.05, 3.63) is 76.1 Å². The number of amides is 1. The number of ketones is 1. The van der Waals surface area contributed by atoms with E-state index in [4.69, 9.17) is 21.3 Å². The SMILES string of the molecule is CCc1nc2c(cnn2CC)c(NC2CCOCC2)c1CNC(=O)CCC(=O)c1ccc(Cl)c(-c2cccc(CN3CCCNCC3)c2)c1. The summed E-state index contributed by atoms with van der Waals surface area (Å²) in [6, 6.07) is 14.0. The summed E-state index contributed by atoms with van der Waals surface area (Å²) in [5.74, 6) is -0.269. The molecule has 2 saturated heterocycles. The smallest absolute Gasteiger partial charge is 0.220 e. The monoisotopic (exact) mass is 685 g/mol. The summed E-state index contributed by atoms with van der Waals surface area (Å²) in [5, 5.41) is 16.4. The Kier molecular flexibility index (Phi) is 11.9. The topological polar surface area (TPSA) is 113 Å². The fourth-order valence-corrected chi connectivity index (χ4v) is 7.05. The number of carbonyl (C=O) groups excluding carboxylic acids is 2. The van der Waals surface area contributed by atoms with Gasteiger partial charge in [-0.25, -0.2) is 9.67 Å². The van der Waals surface area contributed by atoms with Gasteiger partial charge in [-0.3, -0.25) is 14.5 Å². The number of halogens is 1. The van der Waals surface area contributed by atoms with Crippen molar-refractivity contribution in [1.82, 2.24) is 30.3 Å². The molecule has 0 atom stereocenters. The molecule has 2 aromatic heterocycles. The van der Waals surface area contributed by atoms with Crippen LogP contribution in [-0.2, 0) is 35.6 Å². The number of ether oxygens (including phenoxy) is 1.